The van der Waals surface area contributed by atoms with Crippen molar-refractivity contribution in [2.45, 2.75) is 24.9 Å². The molecule has 0 aliphatic rings. The zero-order valence-electron chi connectivity index (χ0n) is 11.1. The van der Waals surface area contributed by atoms with Crippen LogP contribution in [-0.4, -0.2) is 27.3 Å². The molecule has 2 aromatic rings. The number of nitrogens with zero attached hydrogens (tertiary/aromatic N) is 3. The fourth-order valence-electron chi connectivity index (χ4n) is 1.62. The van der Waals surface area contributed by atoms with E-state index in [1.807, 2.05) is 23.0 Å². The number of aromatic nitrogens is 3. The molecule has 0 unspecified atom stereocenters. The second-order valence-corrected chi connectivity index (χ2v) is 6.16. The molecular formula is C13H16Cl2N4S. The lowest BCUT2D eigenvalue weighted by atomic mass is 10.4. The fourth-order valence-corrected chi connectivity index (χ4v) is 3.05. The third-order valence-electron chi connectivity index (χ3n) is 2.61. The number of thioether (sulfide) groups is 1. The molecule has 0 radical (unpaired) electrons. The van der Waals surface area contributed by atoms with E-state index in [-0.39, 0.29) is 0 Å². The molecule has 0 aliphatic heterocycles. The van der Waals surface area contributed by atoms with Crippen LogP contribution in [0.25, 0.3) is 0 Å². The summed E-state index contributed by atoms with van der Waals surface area (Å²) in [5.41, 5.74) is 0.956. The molecule has 0 fully saturated rings. The first kappa shape index (κ1) is 15.6. The summed E-state index contributed by atoms with van der Waals surface area (Å²) in [6, 6.07) is 5.49. The van der Waals surface area contributed by atoms with Crippen LogP contribution >= 0.6 is 35.0 Å². The van der Waals surface area contributed by atoms with Gasteiger partial charge < -0.3 is 5.32 Å². The molecule has 2 rings (SSSR count). The van der Waals surface area contributed by atoms with Crippen LogP contribution in [0.15, 0.2) is 29.3 Å². The van der Waals surface area contributed by atoms with Gasteiger partial charge in [0.05, 0.1) is 17.3 Å². The topological polar surface area (TPSA) is 42.7 Å². The minimum Gasteiger partial charge on any atom is -0.311 e. The van der Waals surface area contributed by atoms with Crippen LogP contribution in [0, 0.1) is 0 Å². The van der Waals surface area contributed by atoms with E-state index >= 15 is 0 Å². The molecule has 0 spiro atoms. The molecule has 0 amide bonds. The van der Waals surface area contributed by atoms with Crippen LogP contribution in [0.3, 0.4) is 0 Å². The summed E-state index contributed by atoms with van der Waals surface area (Å²) in [5.74, 6) is 0.865. The van der Waals surface area contributed by atoms with Crippen LogP contribution in [0.2, 0.25) is 10.0 Å². The standard InChI is InChI=1S/C13H16Cl2N4S/c1-2-16-8-11-9-19(18-17-11)5-6-20-13-7-10(14)3-4-12(13)15/h3-4,7,9,16H,2,5-6,8H2,1H3. The minimum atomic E-state index is 0.700. The van der Waals surface area contributed by atoms with Gasteiger partial charge in [-0.15, -0.1) is 16.9 Å². The molecule has 1 heterocycles. The monoisotopic (exact) mass is 330 g/mol. The Morgan fingerprint density at radius 3 is 3.00 bits per heavy atom. The summed E-state index contributed by atoms with van der Waals surface area (Å²) in [6.45, 7) is 4.53. The Kier molecular flexibility index (Phi) is 6.16. The normalized spacial score (nSPS) is 10.9. The van der Waals surface area contributed by atoms with Crippen molar-refractivity contribution in [1.29, 1.82) is 0 Å². The molecule has 1 aromatic carbocycles. The highest BCUT2D eigenvalue weighted by Gasteiger charge is 2.04. The van der Waals surface area contributed by atoms with Crippen molar-refractivity contribution in [3.05, 3.63) is 40.1 Å². The largest absolute Gasteiger partial charge is 0.311 e. The number of hydrogen-bond acceptors (Lipinski definition) is 4. The average molecular weight is 331 g/mol. The van der Waals surface area contributed by atoms with Gasteiger partial charge in [0.25, 0.3) is 0 Å². The van der Waals surface area contributed by atoms with Crippen LogP contribution in [0.5, 0.6) is 0 Å². The number of aryl methyl sites for hydroxylation is 1. The smallest absolute Gasteiger partial charge is 0.0964 e. The van der Waals surface area contributed by atoms with E-state index in [4.69, 9.17) is 23.2 Å². The maximum Gasteiger partial charge on any atom is 0.0964 e. The lowest BCUT2D eigenvalue weighted by Crippen LogP contribution is -2.11. The summed E-state index contributed by atoms with van der Waals surface area (Å²) >= 11 is 13.7. The average Bonchev–Trinajstić information content (AvgIpc) is 2.88. The molecule has 108 valence electrons. The van der Waals surface area contributed by atoms with E-state index in [2.05, 4.69) is 22.6 Å². The predicted octanol–water partition coefficient (Wildman–Crippen LogP) is 3.49. The Bertz CT molecular complexity index is 559. The predicted molar refractivity (Wildman–Crippen MR) is 84.6 cm³/mol. The van der Waals surface area contributed by atoms with E-state index in [1.165, 1.54) is 0 Å². The summed E-state index contributed by atoms with van der Waals surface area (Å²) in [7, 11) is 0. The zero-order valence-corrected chi connectivity index (χ0v) is 13.5. The summed E-state index contributed by atoms with van der Waals surface area (Å²) in [4.78, 5) is 0.993. The van der Waals surface area contributed by atoms with Gasteiger partial charge in [-0.05, 0) is 24.7 Å². The van der Waals surface area contributed by atoms with E-state index in [0.717, 1.165) is 41.0 Å². The number of nitrogens with one attached hydrogen (secondary N) is 1. The van der Waals surface area contributed by atoms with Gasteiger partial charge in [-0.3, -0.25) is 4.68 Å². The van der Waals surface area contributed by atoms with Crippen molar-refractivity contribution in [3.63, 3.8) is 0 Å². The van der Waals surface area contributed by atoms with Crippen molar-refractivity contribution >= 4 is 35.0 Å². The first-order chi connectivity index (χ1) is 9.69. The molecule has 0 saturated heterocycles. The van der Waals surface area contributed by atoms with Crippen LogP contribution in [0.4, 0.5) is 0 Å². The summed E-state index contributed by atoms with van der Waals surface area (Å²) in [6.07, 6.45) is 1.96. The maximum absolute atomic E-state index is 6.12. The Balaban J connectivity index is 1.83. The molecule has 0 aliphatic carbocycles. The quantitative estimate of drug-likeness (QED) is 0.789. The number of rotatable bonds is 7. The Morgan fingerprint density at radius 2 is 2.20 bits per heavy atom. The van der Waals surface area contributed by atoms with Gasteiger partial charge in [0.2, 0.25) is 0 Å². The Hall–Kier alpha value is -0.750. The molecule has 1 N–H and O–H groups in total. The summed E-state index contributed by atoms with van der Waals surface area (Å²) in [5, 5.41) is 12.8. The highest BCUT2D eigenvalue weighted by Crippen LogP contribution is 2.29. The Labute approximate surface area is 132 Å². The highest BCUT2D eigenvalue weighted by atomic mass is 35.5. The number of hydrogen-bond donors (Lipinski definition) is 1. The van der Waals surface area contributed by atoms with Gasteiger partial charge in [0.15, 0.2) is 0 Å². The second kappa shape index (κ2) is 7.88. The van der Waals surface area contributed by atoms with Crippen molar-refractivity contribution in [1.82, 2.24) is 20.3 Å². The van der Waals surface area contributed by atoms with Crippen LogP contribution in [0.1, 0.15) is 12.6 Å². The summed E-state index contributed by atoms with van der Waals surface area (Å²) < 4.78 is 1.85. The molecule has 1 aromatic heterocycles. The molecular weight excluding hydrogens is 315 g/mol. The lowest BCUT2D eigenvalue weighted by molar-refractivity contribution is 0.631. The zero-order chi connectivity index (χ0) is 14.4. The Morgan fingerprint density at radius 1 is 1.35 bits per heavy atom. The van der Waals surface area contributed by atoms with Crippen molar-refractivity contribution in [2.75, 3.05) is 12.3 Å². The number of benzene rings is 1. The fraction of sp³-hybridized carbons (Fsp3) is 0.385. The van der Waals surface area contributed by atoms with Crippen molar-refractivity contribution in [3.8, 4) is 0 Å². The first-order valence-corrected chi connectivity index (χ1v) is 8.10. The van der Waals surface area contributed by atoms with E-state index in [9.17, 15) is 0 Å². The van der Waals surface area contributed by atoms with Gasteiger partial charge in [0.1, 0.15) is 0 Å². The maximum atomic E-state index is 6.12. The van der Waals surface area contributed by atoms with Gasteiger partial charge in [-0.2, -0.15) is 0 Å². The third-order valence-corrected chi connectivity index (χ3v) is 4.33. The molecule has 20 heavy (non-hydrogen) atoms. The van der Waals surface area contributed by atoms with Gasteiger partial charge in [-0.1, -0.05) is 35.3 Å². The van der Waals surface area contributed by atoms with Gasteiger partial charge in [0, 0.05) is 28.4 Å². The third kappa shape index (κ3) is 4.66. The van der Waals surface area contributed by atoms with E-state index in [0.29, 0.717) is 5.02 Å². The molecule has 0 bridgehead atoms. The SMILES string of the molecule is CCNCc1cn(CCSc2cc(Cl)ccc2Cl)nn1. The van der Waals surface area contributed by atoms with E-state index < -0.39 is 0 Å². The number of halogens is 2. The molecule has 0 atom stereocenters. The van der Waals surface area contributed by atoms with Crippen molar-refractivity contribution < 1.29 is 0 Å². The molecule has 7 heteroatoms. The van der Waals surface area contributed by atoms with E-state index in [1.54, 1.807) is 17.8 Å². The van der Waals surface area contributed by atoms with Crippen LogP contribution in [-0.2, 0) is 13.1 Å². The van der Waals surface area contributed by atoms with Crippen LogP contribution < -0.4 is 5.32 Å². The van der Waals surface area contributed by atoms with Gasteiger partial charge in [-0.25, -0.2) is 0 Å². The highest BCUT2D eigenvalue weighted by molar-refractivity contribution is 7.99. The van der Waals surface area contributed by atoms with Gasteiger partial charge >= 0.3 is 0 Å². The molecule has 0 saturated carbocycles. The second-order valence-electron chi connectivity index (χ2n) is 4.18. The molecule has 4 nitrogen and oxygen atoms in total. The lowest BCUT2D eigenvalue weighted by Gasteiger charge is -2.04. The van der Waals surface area contributed by atoms with Crippen molar-refractivity contribution in [2.24, 2.45) is 0 Å². The first-order valence-electron chi connectivity index (χ1n) is 6.36. The minimum absolute atomic E-state index is 0.700.